The molecule has 0 spiro atoms. The van der Waals surface area contributed by atoms with Crippen LogP contribution in [0.1, 0.15) is 26.7 Å². The molecule has 1 unspecified atom stereocenters. The fourth-order valence-corrected chi connectivity index (χ4v) is 3.04. The standard InChI is InChI=1S/C13H21NO2S/c1-3-10-14-12(2)9-11-17(15,16)13-7-5-4-6-8-13/h4-8,12,14H,3,9-11H2,1-2H3. The van der Waals surface area contributed by atoms with Crippen LogP contribution in [-0.2, 0) is 9.84 Å². The zero-order valence-electron chi connectivity index (χ0n) is 10.5. The molecule has 1 rings (SSSR count). The highest BCUT2D eigenvalue weighted by Gasteiger charge is 2.15. The molecule has 0 heterocycles. The zero-order chi connectivity index (χ0) is 12.7. The maximum Gasteiger partial charge on any atom is 0.178 e. The van der Waals surface area contributed by atoms with Crippen LogP contribution in [0.5, 0.6) is 0 Å². The third-order valence-corrected chi connectivity index (χ3v) is 4.43. The van der Waals surface area contributed by atoms with Crippen molar-refractivity contribution in [2.24, 2.45) is 0 Å². The molecule has 0 aliphatic heterocycles. The molecule has 96 valence electrons. The van der Waals surface area contributed by atoms with E-state index in [1.807, 2.05) is 13.0 Å². The van der Waals surface area contributed by atoms with E-state index in [0.717, 1.165) is 13.0 Å². The molecule has 0 aliphatic carbocycles. The van der Waals surface area contributed by atoms with E-state index in [-0.39, 0.29) is 11.8 Å². The fraction of sp³-hybridized carbons (Fsp3) is 0.538. The van der Waals surface area contributed by atoms with Crippen LogP contribution in [0.2, 0.25) is 0 Å². The van der Waals surface area contributed by atoms with Crippen molar-refractivity contribution >= 4 is 9.84 Å². The summed E-state index contributed by atoms with van der Waals surface area (Å²) in [6.45, 7) is 5.06. The molecule has 0 fully saturated rings. The lowest BCUT2D eigenvalue weighted by atomic mass is 10.2. The molecule has 0 saturated heterocycles. The molecule has 0 bridgehead atoms. The molecule has 0 radical (unpaired) electrons. The first kappa shape index (κ1) is 14.2. The van der Waals surface area contributed by atoms with Crippen molar-refractivity contribution < 1.29 is 8.42 Å². The molecule has 1 atom stereocenters. The summed E-state index contributed by atoms with van der Waals surface area (Å²) < 4.78 is 24.0. The SMILES string of the molecule is CCCNC(C)CCS(=O)(=O)c1ccccc1. The van der Waals surface area contributed by atoms with Crippen molar-refractivity contribution in [3.8, 4) is 0 Å². The van der Waals surface area contributed by atoms with E-state index in [2.05, 4.69) is 12.2 Å². The Kier molecular flexibility index (Phi) is 5.65. The van der Waals surface area contributed by atoms with Gasteiger partial charge in [0.15, 0.2) is 9.84 Å². The minimum absolute atomic E-state index is 0.203. The average Bonchev–Trinajstić information content (AvgIpc) is 2.35. The van der Waals surface area contributed by atoms with Crippen LogP contribution in [-0.4, -0.2) is 26.8 Å². The predicted octanol–water partition coefficient (Wildman–Crippen LogP) is 2.24. The number of rotatable bonds is 7. The van der Waals surface area contributed by atoms with Crippen molar-refractivity contribution in [2.75, 3.05) is 12.3 Å². The van der Waals surface area contributed by atoms with Crippen molar-refractivity contribution in [1.29, 1.82) is 0 Å². The molecule has 1 aromatic rings. The Morgan fingerprint density at radius 3 is 2.47 bits per heavy atom. The lowest BCUT2D eigenvalue weighted by molar-refractivity contribution is 0.525. The number of nitrogens with one attached hydrogen (secondary N) is 1. The van der Waals surface area contributed by atoms with E-state index in [9.17, 15) is 8.42 Å². The van der Waals surface area contributed by atoms with Gasteiger partial charge >= 0.3 is 0 Å². The summed E-state index contributed by atoms with van der Waals surface area (Å²) in [7, 11) is -3.12. The molecule has 3 nitrogen and oxygen atoms in total. The van der Waals surface area contributed by atoms with Gasteiger partial charge in [0.1, 0.15) is 0 Å². The first-order chi connectivity index (χ1) is 8.06. The van der Waals surface area contributed by atoms with Gasteiger partial charge in [-0.1, -0.05) is 25.1 Å². The van der Waals surface area contributed by atoms with Gasteiger partial charge in [-0.05, 0) is 38.4 Å². The molecule has 1 N–H and O–H groups in total. The summed E-state index contributed by atoms with van der Waals surface area (Å²) in [5.41, 5.74) is 0. The second kappa shape index (κ2) is 6.77. The number of hydrogen-bond acceptors (Lipinski definition) is 3. The van der Waals surface area contributed by atoms with Crippen molar-refractivity contribution in [3.63, 3.8) is 0 Å². The Hall–Kier alpha value is -0.870. The van der Waals surface area contributed by atoms with Crippen LogP contribution in [0.3, 0.4) is 0 Å². The van der Waals surface area contributed by atoms with Gasteiger partial charge in [0.2, 0.25) is 0 Å². The smallest absolute Gasteiger partial charge is 0.178 e. The predicted molar refractivity (Wildman–Crippen MR) is 70.9 cm³/mol. The van der Waals surface area contributed by atoms with Crippen LogP contribution >= 0.6 is 0 Å². The summed E-state index contributed by atoms with van der Waals surface area (Å²) in [5, 5.41) is 3.29. The van der Waals surface area contributed by atoms with Crippen LogP contribution < -0.4 is 5.32 Å². The van der Waals surface area contributed by atoms with Gasteiger partial charge in [0, 0.05) is 6.04 Å². The van der Waals surface area contributed by atoms with Gasteiger partial charge in [-0.15, -0.1) is 0 Å². The minimum Gasteiger partial charge on any atom is -0.314 e. The van der Waals surface area contributed by atoms with E-state index in [1.54, 1.807) is 24.3 Å². The molecular formula is C13H21NO2S. The van der Waals surface area contributed by atoms with Crippen LogP contribution in [0.25, 0.3) is 0 Å². The summed E-state index contributed by atoms with van der Waals surface area (Å²) >= 11 is 0. The lowest BCUT2D eigenvalue weighted by Crippen LogP contribution is -2.28. The molecule has 0 saturated carbocycles. The molecule has 17 heavy (non-hydrogen) atoms. The van der Waals surface area contributed by atoms with Gasteiger partial charge in [0.25, 0.3) is 0 Å². The zero-order valence-corrected chi connectivity index (χ0v) is 11.3. The van der Waals surface area contributed by atoms with Gasteiger partial charge in [-0.25, -0.2) is 8.42 Å². The second-order valence-electron chi connectivity index (χ2n) is 4.28. The third-order valence-electron chi connectivity index (χ3n) is 2.66. The summed E-state index contributed by atoms with van der Waals surface area (Å²) in [6, 6.07) is 8.88. The molecular weight excluding hydrogens is 234 g/mol. The number of hydrogen-bond donors (Lipinski definition) is 1. The highest BCUT2D eigenvalue weighted by molar-refractivity contribution is 7.91. The van der Waals surface area contributed by atoms with Crippen molar-refractivity contribution in [2.45, 2.75) is 37.6 Å². The fourth-order valence-electron chi connectivity index (χ4n) is 1.57. The van der Waals surface area contributed by atoms with Crippen LogP contribution in [0.4, 0.5) is 0 Å². The summed E-state index contributed by atoms with van der Waals surface area (Å²) in [4.78, 5) is 0.419. The quantitative estimate of drug-likeness (QED) is 0.812. The second-order valence-corrected chi connectivity index (χ2v) is 6.38. The first-order valence-electron chi connectivity index (χ1n) is 6.07. The van der Waals surface area contributed by atoms with E-state index in [4.69, 9.17) is 0 Å². The maximum absolute atomic E-state index is 12.0. The van der Waals surface area contributed by atoms with E-state index >= 15 is 0 Å². The normalized spacial score (nSPS) is 13.5. The Balaban J connectivity index is 2.51. The Morgan fingerprint density at radius 2 is 1.88 bits per heavy atom. The van der Waals surface area contributed by atoms with Gasteiger partial charge in [-0.3, -0.25) is 0 Å². The highest BCUT2D eigenvalue weighted by atomic mass is 32.2. The third kappa shape index (κ3) is 4.88. The Bertz CT molecular complexity index is 414. The van der Waals surface area contributed by atoms with Gasteiger partial charge < -0.3 is 5.32 Å². The van der Waals surface area contributed by atoms with Gasteiger partial charge in [0.05, 0.1) is 10.6 Å². The van der Waals surface area contributed by atoms with Crippen molar-refractivity contribution in [3.05, 3.63) is 30.3 Å². The average molecular weight is 255 g/mol. The first-order valence-corrected chi connectivity index (χ1v) is 7.72. The molecule has 0 amide bonds. The summed E-state index contributed by atoms with van der Waals surface area (Å²) in [6.07, 6.45) is 1.72. The molecule has 0 aromatic heterocycles. The topological polar surface area (TPSA) is 46.2 Å². The van der Waals surface area contributed by atoms with Crippen LogP contribution in [0.15, 0.2) is 35.2 Å². The van der Waals surface area contributed by atoms with E-state index < -0.39 is 9.84 Å². The maximum atomic E-state index is 12.0. The largest absolute Gasteiger partial charge is 0.314 e. The molecule has 4 heteroatoms. The Labute approximate surface area is 104 Å². The minimum atomic E-state index is -3.12. The van der Waals surface area contributed by atoms with E-state index in [0.29, 0.717) is 11.3 Å². The van der Waals surface area contributed by atoms with Crippen molar-refractivity contribution in [1.82, 2.24) is 5.32 Å². The van der Waals surface area contributed by atoms with E-state index in [1.165, 1.54) is 0 Å². The summed E-state index contributed by atoms with van der Waals surface area (Å²) in [5.74, 6) is 0.203. The highest BCUT2D eigenvalue weighted by Crippen LogP contribution is 2.11. The molecule has 0 aliphatic rings. The lowest BCUT2D eigenvalue weighted by Gasteiger charge is -2.13. The Morgan fingerprint density at radius 1 is 1.24 bits per heavy atom. The monoisotopic (exact) mass is 255 g/mol. The molecule has 1 aromatic carbocycles. The number of sulfone groups is 1. The van der Waals surface area contributed by atoms with Gasteiger partial charge in [-0.2, -0.15) is 0 Å². The van der Waals surface area contributed by atoms with Crippen LogP contribution in [0, 0.1) is 0 Å². The number of benzene rings is 1.